The number of hydrogen-bond acceptors (Lipinski definition) is 3. The van der Waals surface area contributed by atoms with Crippen molar-refractivity contribution in [1.82, 2.24) is 0 Å². The molecule has 0 aliphatic carbocycles. The standard InChI is InChI=1S/C20H23NO2/c1-3-22-19-10-12-20(13-11-19)23-14-4-5-18(15-21)17-8-6-16(2)7-9-17/h6-13,18H,3-5,14H2,1-2H3. The summed E-state index contributed by atoms with van der Waals surface area (Å²) in [6.07, 6.45) is 1.65. The molecule has 0 heterocycles. The van der Waals surface area contributed by atoms with Crippen LogP contribution in [-0.4, -0.2) is 13.2 Å². The van der Waals surface area contributed by atoms with E-state index in [4.69, 9.17) is 9.47 Å². The second-order valence-corrected chi connectivity index (χ2v) is 5.49. The van der Waals surface area contributed by atoms with Crippen molar-refractivity contribution in [3.8, 4) is 17.6 Å². The second kappa shape index (κ2) is 8.85. The molecule has 1 unspecified atom stereocenters. The average molecular weight is 309 g/mol. The van der Waals surface area contributed by atoms with Gasteiger partial charge in [-0.25, -0.2) is 0 Å². The molecule has 0 aromatic heterocycles. The van der Waals surface area contributed by atoms with Crippen LogP contribution in [0.15, 0.2) is 48.5 Å². The molecular weight excluding hydrogens is 286 g/mol. The Morgan fingerprint density at radius 3 is 2.13 bits per heavy atom. The zero-order chi connectivity index (χ0) is 16.5. The Balaban J connectivity index is 1.77. The molecule has 3 nitrogen and oxygen atoms in total. The van der Waals surface area contributed by atoms with Gasteiger partial charge in [0.1, 0.15) is 11.5 Å². The molecule has 0 saturated heterocycles. The number of nitrogens with zero attached hydrogens (tertiary/aromatic N) is 1. The first-order chi connectivity index (χ1) is 11.2. The zero-order valence-electron chi connectivity index (χ0n) is 13.8. The van der Waals surface area contributed by atoms with Gasteiger partial charge in [-0.2, -0.15) is 5.26 Å². The lowest BCUT2D eigenvalue weighted by atomic mass is 9.95. The highest BCUT2D eigenvalue weighted by Gasteiger charge is 2.10. The van der Waals surface area contributed by atoms with Crippen LogP contribution in [0.3, 0.4) is 0 Å². The largest absolute Gasteiger partial charge is 0.494 e. The van der Waals surface area contributed by atoms with Crippen LogP contribution >= 0.6 is 0 Å². The highest BCUT2D eigenvalue weighted by Crippen LogP contribution is 2.22. The van der Waals surface area contributed by atoms with Crippen LogP contribution in [0.5, 0.6) is 11.5 Å². The summed E-state index contributed by atoms with van der Waals surface area (Å²) < 4.78 is 11.1. The van der Waals surface area contributed by atoms with Gasteiger partial charge >= 0.3 is 0 Å². The molecule has 3 heteroatoms. The normalized spacial score (nSPS) is 11.5. The molecule has 23 heavy (non-hydrogen) atoms. The first kappa shape index (κ1) is 16.9. The summed E-state index contributed by atoms with van der Waals surface area (Å²) in [6.45, 7) is 5.28. The molecule has 2 aromatic carbocycles. The van der Waals surface area contributed by atoms with Crippen LogP contribution in [0.1, 0.15) is 36.8 Å². The van der Waals surface area contributed by atoms with Crippen molar-refractivity contribution in [1.29, 1.82) is 5.26 Å². The van der Waals surface area contributed by atoms with E-state index in [0.29, 0.717) is 13.2 Å². The van der Waals surface area contributed by atoms with Gasteiger partial charge in [0, 0.05) is 0 Å². The highest BCUT2D eigenvalue weighted by molar-refractivity contribution is 5.31. The van der Waals surface area contributed by atoms with Crippen molar-refractivity contribution < 1.29 is 9.47 Å². The number of hydrogen-bond donors (Lipinski definition) is 0. The lowest BCUT2D eigenvalue weighted by Crippen LogP contribution is -2.02. The van der Waals surface area contributed by atoms with Crippen molar-refractivity contribution in [2.75, 3.05) is 13.2 Å². The van der Waals surface area contributed by atoms with Gasteiger partial charge in [-0.05, 0) is 56.5 Å². The topological polar surface area (TPSA) is 42.2 Å². The third kappa shape index (κ3) is 5.34. The third-order valence-corrected chi connectivity index (χ3v) is 3.68. The van der Waals surface area contributed by atoms with Crippen LogP contribution in [0.25, 0.3) is 0 Å². The Bertz CT molecular complexity index is 626. The van der Waals surface area contributed by atoms with Crippen molar-refractivity contribution >= 4 is 0 Å². The summed E-state index contributed by atoms with van der Waals surface area (Å²) in [7, 11) is 0. The molecule has 0 spiro atoms. The summed E-state index contributed by atoms with van der Waals surface area (Å²) in [5.41, 5.74) is 2.29. The summed E-state index contributed by atoms with van der Waals surface area (Å²) in [5, 5.41) is 9.34. The number of rotatable bonds is 8. The Labute approximate surface area is 138 Å². The minimum absolute atomic E-state index is 0.0699. The molecule has 2 rings (SSSR count). The molecule has 0 aliphatic rings. The summed E-state index contributed by atoms with van der Waals surface area (Å²) >= 11 is 0. The Morgan fingerprint density at radius 2 is 1.57 bits per heavy atom. The van der Waals surface area contributed by atoms with Gasteiger partial charge in [0.2, 0.25) is 0 Å². The molecule has 0 bridgehead atoms. The molecule has 0 aliphatic heterocycles. The van der Waals surface area contributed by atoms with Gasteiger partial charge in [-0.15, -0.1) is 0 Å². The van der Waals surface area contributed by atoms with Crippen molar-refractivity contribution in [2.45, 2.75) is 32.6 Å². The van der Waals surface area contributed by atoms with Crippen LogP contribution < -0.4 is 9.47 Å². The van der Waals surface area contributed by atoms with Crippen LogP contribution in [-0.2, 0) is 0 Å². The fourth-order valence-electron chi connectivity index (χ4n) is 2.38. The zero-order valence-corrected chi connectivity index (χ0v) is 13.8. The van der Waals surface area contributed by atoms with Crippen LogP contribution in [0.2, 0.25) is 0 Å². The van der Waals surface area contributed by atoms with E-state index in [0.717, 1.165) is 29.9 Å². The van der Waals surface area contributed by atoms with Crippen molar-refractivity contribution in [3.63, 3.8) is 0 Å². The molecule has 120 valence electrons. The van der Waals surface area contributed by atoms with E-state index in [1.54, 1.807) is 0 Å². The third-order valence-electron chi connectivity index (χ3n) is 3.68. The van der Waals surface area contributed by atoms with Gasteiger partial charge < -0.3 is 9.47 Å². The molecule has 0 amide bonds. The minimum atomic E-state index is -0.0699. The lowest BCUT2D eigenvalue weighted by molar-refractivity contribution is 0.303. The fraction of sp³-hybridized carbons (Fsp3) is 0.350. The number of benzene rings is 2. The number of aryl methyl sites for hydroxylation is 1. The van der Waals surface area contributed by atoms with Gasteiger partial charge in [-0.3, -0.25) is 0 Å². The number of nitriles is 1. The predicted molar refractivity (Wildman–Crippen MR) is 91.9 cm³/mol. The smallest absolute Gasteiger partial charge is 0.119 e. The summed E-state index contributed by atoms with van der Waals surface area (Å²) in [4.78, 5) is 0. The SMILES string of the molecule is CCOc1ccc(OCCCC(C#N)c2ccc(C)cc2)cc1. The van der Waals surface area contributed by atoms with E-state index in [1.165, 1.54) is 5.56 Å². The quantitative estimate of drug-likeness (QED) is 0.654. The maximum atomic E-state index is 9.34. The first-order valence-electron chi connectivity index (χ1n) is 8.04. The predicted octanol–water partition coefficient (Wildman–Crippen LogP) is 4.86. The first-order valence-corrected chi connectivity index (χ1v) is 8.04. The van der Waals surface area contributed by atoms with Gasteiger partial charge in [0.25, 0.3) is 0 Å². The molecule has 0 radical (unpaired) electrons. The number of ether oxygens (including phenoxy) is 2. The van der Waals surface area contributed by atoms with E-state index in [-0.39, 0.29) is 5.92 Å². The van der Waals surface area contributed by atoms with E-state index in [9.17, 15) is 5.26 Å². The summed E-state index contributed by atoms with van der Waals surface area (Å²) in [6, 6.07) is 18.2. The molecule has 0 saturated carbocycles. The summed E-state index contributed by atoms with van der Waals surface area (Å²) in [5.74, 6) is 1.61. The molecule has 1 atom stereocenters. The lowest BCUT2D eigenvalue weighted by Gasteiger charge is -2.11. The van der Waals surface area contributed by atoms with Crippen molar-refractivity contribution in [3.05, 3.63) is 59.7 Å². The highest BCUT2D eigenvalue weighted by atomic mass is 16.5. The maximum Gasteiger partial charge on any atom is 0.119 e. The fourth-order valence-corrected chi connectivity index (χ4v) is 2.38. The molecule has 0 fully saturated rings. The average Bonchev–Trinajstić information content (AvgIpc) is 2.58. The van der Waals surface area contributed by atoms with E-state index in [1.807, 2.05) is 43.3 Å². The monoisotopic (exact) mass is 309 g/mol. The van der Waals surface area contributed by atoms with Crippen molar-refractivity contribution in [2.24, 2.45) is 0 Å². The Morgan fingerprint density at radius 1 is 0.957 bits per heavy atom. The maximum absolute atomic E-state index is 9.34. The van der Waals surface area contributed by atoms with Crippen LogP contribution in [0, 0.1) is 18.3 Å². The Kier molecular flexibility index (Phi) is 6.50. The molecule has 0 N–H and O–H groups in total. The van der Waals surface area contributed by atoms with Crippen LogP contribution in [0.4, 0.5) is 0 Å². The van der Waals surface area contributed by atoms with Gasteiger partial charge in [0.05, 0.1) is 25.2 Å². The van der Waals surface area contributed by atoms with Gasteiger partial charge in [0.15, 0.2) is 0 Å². The van der Waals surface area contributed by atoms with Gasteiger partial charge in [-0.1, -0.05) is 29.8 Å². The van der Waals surface area contributed by atoms with E-state index in [2.05, 4.69) is 25.1 Å². The van der Waals surface area contributed by atoms with E-state index >= 15 is 0 Å². The second-order valence-electron chi connectivity index (χ2n) is 5.49. The molecular formula is C20H23NO2. The minimum Gasteiger partial charge on any atom is -0.494 e. The van der Waals surface area contributed by atoms with E-state index < -0.39 is 0 Å². The molecule has 2 aromatic rings. The Hall–Kier alpha value is -2.47.